The lowest BCUT2D eigenvalue weighted by atomic mass is 9.80. The number of hydrogen-bond acceptors (Lipinski definition) is 2. The quantitative estimate of drug-likeness (QED) is 0.910. The molecule has 5 heteroatoms. The lowest BCUT2D eigenvalue weighted by Gasteiger charge is -2.24. The van der Waals surface area contributed by atoms with Gasteiger partial charge in [0.1, 0.15) is 5.82 Å². The van der Waals surface area contributed by atoms with Crippen LogP contribution in [0.25, 0.3) is 0 Å². The number of carboxylic acid groups (broad SMARTS) is 1. The van der Waals surface area contributed by atoms with Crippen LogP contribution < -0.4 is 0 Å². The number of carbonyl (C=O) groups is 1. The highest BCUT2D eigenvalue weighted by molar-refractivity contribution is 5.85. The Morgan fingerprint density at radius 2 is 2.29 bits per heavy atom. The standard InChI is InChI=1S/C16H18N2O2.ClH/c19-16(20)10-13-3-1-2-12-8-11(4-5-14(12)13)9-15-17-6-7-18-15;/h4-8,13H,1-3,9-10H2,(H,17,18)(H,19,20);1H. The number of rotatable bonds is 4. The fourth-order valence-corrected chi connectivity index (χ4v) is 3.09. The summed E-state index contributed by atoms with van der Waals surface area (Å²) in [5, 5.41) is 9.00. The molecule has 0 radical (unpaired) electrons. The highest BCUT2D eigenvalue weighted by Crippen LogP contribution is 2.34. The van der Waals surface area contributed by atoms with Crippen molar-refractivity contribution >= 4 is 18.4 Å². The summed E-state index contributed by atoms with van der Waals surface area (Å²) in [6.07, 6.45) is 7.74. The van der Waals surface area contributed by atoms with E-state index in [0.717, 1.165) is 31.5 Å². The number of nitrogens with one attached hydrogen (secondary N) is 1. The molecular weight excluding hydrogens is 288 g/mol. The third kappa shape index (κ3) is 3.64. The molecule has 1 unspecified atom stereocenters. The van der Waals surface area contributed by atoms with E-state index in [9.17, 15) is 4.79 Å². The van der Waals surface area contributed by atoms with Gasteiger partial charge in [-0.05, 0) is 41.9 Å². The topological polar surface area (TPSA) is 66.0 Å². The molecule has 1 aliphatic rings. The van der Waals surface area contributed by atoms with E-state index in [0.29, 0.717) is 0 Å². The molecule has 0 amide bonds. The number of nitrogens with zero attached hydrogens (tertiary/aromatic N) is 1. The van der Waals surface area contributed by atoms with Gasteiger partial charge < -0.3 is 10.1 Å². The second kappa shape index (κ2) is 6.76. The molecule has 0 saturated heterocycles. The van der Waals surface area contributed by atoms with Crippen molar-refractivity contribution in [1.82, 2.24) is 9.97 Å². The zero-order chi connectivity index (χ0) is 13.9. The smallest absolute Gasteiger partial charge is 0.303 e. The van der Waals surface area contributed by atoms with Crippen molar-refractivity contribution in [3.8, 4) is 0 Å². The average Bonchev–Trinajstić information content (AvgIpc) is 2.91. The summed E-state index contributed by atoms with van der Waals surface area (Å²) in [6.45, 7) is 0. The first-order chi connectivity index (χ1) is 9.72. The Morgan fingerprint density at radius 1 is 1.43 bits per heavy atom. The summed E-state index contributed by atoms with van der Waals surface area (Å²) < 4.78 is 0. The molecule has 0 saturated carbocycles. The Labute approximate surface area is 130 Å². The number of benzene rings is 1. The number of H-pyrrole nitrogens is 1. The summed E-state index contributed by atoms with van der Waals surface area (Å²) in [7, 11) is 0. The molecule has 3 rings (SSSR count). The van der Waals surface area contributed by atoms with Crippen LogP contribution in [-0.4, -0.2) is 21.0 Å². The SMILES string of the molecule is Cl.O=C(O)CC1CCCc2cc(Cc3ncc[nH]3)ccc21. The van der Waals surface area contributed by atoms with Crippen molar-refractivity contribution in [2.75, 3.05) is 0 Å². The summed E-state index contributed by atoms with van der Waals surface area (Å²) in [5.74, 6) is 0.430. The van der Waals surface area contributed by atoms with Gasteiger partial charge in [-0.1, -0.05) is 18.2 Å². The Balaban J connectivity index is 0.00000161. The molecule has 2 N–H and O–H groups in total. The van der Waals surface area contributed by atoms with Gasteiger partial charge in [0, 0.05) is 18.8 Å². The maximum atomic E-state index is 10.9. The van der Waals surface area contributed by atoms with Gasteiger partial charge in [-0.3, -0.25) is 4.79 Å². The number of aliphatic carboxylic acids is 1. The summed E-state index contributed by atoms with van der Waals surface area (Å²) >= 11 is 0. The van der Waals surface area contributed by atoms with Gasteiger partial charge in [-0.25, -0.2) is 4.98 Å². The average molecular weight is 307 g/mol. The summed E-state index contributed by atoms with van der Waals surface area (Å²) in [5.41, 5.74) is 3.77. The van der Waals surface area contributed by atoms with Crippen molar-refractivity contribution in [2.24, 2.45) is 0 Å². The fourth-order valence-electron chi connectivity index (χ4n) is 3.09. The number of carboxylic acids is 1. The largest absolute Gasteiger partial charge is 0.481 e. The maximum absolute atomic E-state index is 10.9. The molecule has 0 fully saturated rings. The second-order valence-electron chi connectivity index (χ2n) is 5.43. The Kier molecular flexibility index (Phi) is 5.02. The van der Waals surface area contributed by atoms with Crippen LogP contribution in [0.15, 0.2) is 30.6 Å². The molecule has 1 atom stereocenters. The highest BCUT2D eigenvalue weighted by atomic mass is 35.5. The van der Waals surface area contributed by atoms with Crippen LogP contribution in [0, 0.1) is 0 Å². The number of halogens is 1. The van der Waals surface area contributed by atoms with Crippen molar-refractivity contribution in [1.29, 1.82) is 0 Å². The Hall–Kier alpha value is -1.81. The monoisotopic (exact) mass is 306 g/mol. The van der Waals surface area contributed by atoms with Gasteiger partial charge in [0.05, 0.1) is 6.42 Å². The summed E-state index contributed by atoms with van der Waals surface area (Å²) in [6, 6.07) is 6.42. The summed E-state index contributed by atoms with van der Waals surface area (Å²) in [4.78, 5) is 18.3. The van der Waals surface area contributed by atoms with Crippen LogP contribution in [-0.2, 0) is 17.6 Å². The minimum atomic E-state index is -0.706. The lowest BCUT2D eigenvalue weighted by molar-refractivity contribution is -0.137. The molecule has 1 heterocycles. The third-order valence-electron chi connectivity index (χ3n) is 3.99. The Morgan fingerprint density at radius 3 is 3.00 bits per heavy atom. The lowest BCUT2D eigenvalue weighted by Crippen LogP contribution is -2.14. The first kappa shape index (κ1) is 15.6. The predicted molar refractivity (Wildman–Crippen MR) is 83.0 cm³/mol. The maximum Gasteiger partial charge on any atom is 0.303 e. The number of imidazole rings is 1. The number of hydrogen-bond donors (Lipinski definition) is 2. The second-order valence-corrected chi connectivity index (χ2v) is 5.43. The van der Waals surface area contributed by atoms with Crippen molar-refractivity contribution < 1.29 is 9.90 Å². The van der Waals surface area contributed by atoms with Gasteiger partial charge in [-0.2, -0.15) is 0 Å². The van der Waals surface area contributed by atoms with E-state index in [1.165, 1.54) is 16.7 Å². The van der Waals surface area contributed by atoms with E-state index in [4.69, 9.17) is 5.11 Å². The molecule has 1 aromatic heterocycles. The van der Waals surface area contributed by atoms with Gasteiger partial charge in [-0.15, -0.1) is 12.4 Å². The van der Waals surface area contributed by atoms with Crippen LogP contribution in [0.2, 0.25) is 0 Å². The molecular formula is C16H19ClN2O2. The van der Waals surface area contributed by atoms with Gasteiger partial charge >= 0.3 is 5.97 Å². The highest BCUT2D eigenvalue weighted by Gasteiger charge is 2.22. The number of aromatic amines is 1. The van der Waals surface area contributed by atoms with Crippen LogP contribution in [0.1, 0.15) is 47.7 Å². The van der Waals surface area contributed by atoms with Gasteiger partial charge in [0.15, 0.2) is 0 Å². The molecule has 1 aliphatic carbocycles. The number of fused-ring (bicyclic) bond motifs is 1. The molecule has 2 aromatic rings. The van der Waals surface area contributed by atoms with Crippen LogP contribution >= 0.6 is 12.4 Å². The van der Waals surface area contributed by atoms with E-state index in [1.54, 1.807) is 6.20 Å². The third-order valence-corrected chi connectivity index (χ3v) is 3.99. The van der Waals surface area contributed by atoms with Crippen LogP contribution in [0.3, 0.4) is 0 Å². The molecule has 0 spiro atoms. The number of aromatic nitrogens is 2. The minimum absolute atomic E-state index is 0. The zero-order valence-corrected chi connectivity index (χ0v) is 12.5. The van der Waals surface area contributed by atoms with E-state index >= 15 is 0 Å². The molecule has 112 valence electrons. The first-order valence-electron chi connectivity index (χ1n) is 7.04. The first-order valence-corrected chi connectivity index (χ1v) is 7.04. The Bertz CT molecular complexity index is 611. The molecule has 4 nitrogen and oxygen atoms in total. The van der Waals surface area contributed by atoms with Crippen molar-refractivity contribution in [3.63, 3.8) is 0 Å². The van der Waals surface area contributed by atoms with Crippen LogP contribution in [0.4, 0.5) is 0 Å². The van der Waals surface area contributed by atoms with Crippen molar-refractivity contribution in [3.05, 3.63) is 53.1 Å². The van der Waals surface area contributed by atoms with E-state index in [2.05, 4.69) is 28.2 Å². The molecule has 1 aromatic carbocycles. The normalized spacial score (nSPS) is 16.9. The number of aryl methyl sites for hydroxylation is 1. The van der Waals surface area contributed by atoms with E-state index in [1.807, 2.05) is 6.20 Å². The van der Waals surface area contributed by atoms with E-state index < -0.39 is 5.97 Å². The fraction of sp³-hybridized carbons (Fsp3) is 0.375. The van der Waals surface area contributed by atoms with Crippen LogP contribution in [0.5, 0.6) is 0 Å². The molecule has 0 aliphatic heterocycles. The van der Waals surface area contributed by atoms with Crippen molar-refractivity contribution in [2.45, 2.75) is 38.0 Å². The molecule has 21 heavy (non-hydrogen) atoms. The van der Waals surface area contributed by atoms with E-state index in [-0.39, 0.29) is 24.7 Å². The minimum Gasteiger partial charge on any atom is -0.481 e. The molecule has 0 bridgehead atoms. The van der Waals surface area contributed by atoms with Gasteiger partial charge in [0.25, 0.3) is 0 Å². The van der Waals surface area contributed by atoms with Gasteiger partial charge in [0.2, 0.25) is 0 Å². The zero-order valence-electron chi connectivity index (χ0n) is 11.7. The predicted octanol–water partition coefficient (Wildman–Crippen LogP) is 3.32.